The molecular weight excluding hydrogens is 266 g/mol. The molecule has 0 saturated carbocycles. The van der Waals surface area contributed by atoms with Gasteiger partial charge in [-0.1, -0.05) is 34.5 Å². The Labute approximate surface area is 120 Å². The average molecular weight is 280 g/mol. The summed E-state index contributed by atoms with van der Waals surface area (Å²) in [5, 5.41) is 11.6. The van der Waals surface area contributed by atoms with Gasteiger partial charge in [0, 0.05) is 11.1 Å². The molecule has 2 aromatic rings. The Morgan fingerprint density at radius 3 is 2.25 bits per heavy atom. The van der Waals surface area contributed by atoms with Gasteiger partial charge < -0.3 is 0 Å². The summed E-state index contributed by atoms with van der Waals surface area (Å²) in [7, 11) is -2.25. The van der Waals surface area contributed by atoms with Crippen LogP contribution in [0.15, 0.2) is 54.6 Å². The Hall–Kier alpha value is -2.36. The van der Waals surface area contributed by atoms with E-state index in [1.54, 1.807) is 18.4 Å². The van der Waals surface area contributed by atoms with E-state index in [0.29, 0.717) is 11.3 Å². The first-order chi connectivity index (χ1) is 9.59. The zero-order valence-corrected chi connectivity index (χ0v) is 12.0. The van der Waals surface area contributed by atoms with Gasteiger partial charge in [0.1, 0.15) is 12.0 Å². The predicted octanol–water partition coefficient (Wildman–Crippen LogP) is 3.20. The van der Waals surface area contributed by atoms with Gasteiger partial charge >= 0.3 is 0 Å². The van der Waals surface area contributed by atoms with E-state index in [1.807, 2.05) is 42.5 Å². The van der Waals surface area contributed by atoms with Crippen molar-refractivity contribution in [1.29, 1.82) is 5.26 Å². The molecule has 2 aromatic carbocycles. The van der Waals surface area contributed by atoms with Crippen LogP contribution < -0.4 is 0 Å². The van der Waals surface area contributed by atoms with E-state index < -0.39 is 9.93 Å². The fourth-order valence-corrected chi connectivity index (χ4v) is 2.95. The lowest BCUT2D eigenvalue weighted by Crippen LogP contribution is -2.08. The van der Waals surface area contributed by atoms with Crippen LogP contribution in [0.4, 0.5) is 0 Å². The molecule has 0 aliphatic carbocycles. The summed E-state index contributed by atoms with van der Waals surface area (Å²) in [6.07, 6.45) is 1.67. The monoisotopic (exact) mass is 280 g/mol. The highest BCUT2D eigenvalue weighted by atomic mass is 32.2. The van der Waals surface area contributed by atoms with Gasteiger partial charge in [-0.25, -0.2) is 0 Å². The first kappa shape index (κ1) is 14.1. The van der Waals surface area contributed by atoms with Gasteiger partial charge in [0.25, 0.3) is 0 Å². The zero-order valence-electron chi connectivity index (χ0n) is 11.2. The number of hydrogen-bond donors (Lipinski definition) is 0. The Morgan fingerprint density at radius 1 is 1.00 bits per heavy atom. The van der Waals surface area contributed by atoms with E-state index in [9.17, 15) is 4.21 Å². The Morgan fingerprint density at radius 2 is 1.65 bits per heavy atom. The molecule has 2 rings (SSSR count). The maximum Gasteiger partial charge on any atom is 0.162 e. The van der Waals surface area contributed by atoms with Gasteiger partial charge in [-0.2, -0.15) is 5.26 Å². The molecule has 0 spiro atoms. The largest absolute Gasteiger partial charge is 0.192 e. The van der Waals surface area contributed by atoms with E-state index >= 15 is 0 Å². The van der Waals surface area contributed by atoms with Crippen molar-refractivity contribution in [3.05, 3.63) is 71.3 Å². The second kappa shape index (κ2) is 6.19. The van der Waals surface area contributed by atoms with E-state index in [1.165, 1.54) is 0 Å². The van der Waals surface area contributed by atoms with Crippen LogP contribution in [0.1, 0.15) is 16.7 Å². The molecular formula is C17H14NOS+. The first-order valence-electron chi connectivity index (χ1n) is 6.13. The van der Waals surface area contributed by atoms with Crippen molar-refractivity contribution in [1.82, 2.24) is 0 Å². The second-order valence-electron chi connectivity index (χ2n) is 4.55. The predicted molar refractivity (Wildman–Crippen MR) is 82.2 cm³/mol. The molecule has 0 N–H and O–H groups in total. The molecule has 0 heterocycles. The molecule has 2 nitrogen and oxygen atoms in total. The minimum atomic E-state index is -2.25. The minimum Gasteiger partial charge on any atom is -0.192 e. The molecule has 0 bridgehead atoms. The summed E-state index contributed by atoms with van der Waals surface area (Å²) >= 11 is 0. The number of benzene rings is 2. The van der Waals surface area contributed by atoms with Gasteiger partial charge in [-0.15, -0.1) is 0 Å². The van der Waals surface area contributed by atoms with Crippen LogP contribution in [0.5, 0.6) is 0 Å². The molecule has 1 unspecified atom stereocenters. The van der Waals surface area contributed by atoms with Crippen LogP contribution in [0.3, 0.4) is 0 Å². The molecule has 0 saturated heterocycles. The first-order valence-corrected chi connectivity index (χ1v) is 8.26. The molecule has 20 heavy (non-hydrogen) atoms. The van der Waals surface area contributed by atoms with Crippen LogP contribution in [-0.2, 0) is 19.9 Å². The molecule has 0 aliphatic heterocycles. The Balaban J connectivity index is 2.13. The quantitative estimate of drug-likeness (QED) is 0.626. The normalized spacial score (nSPS) is 12.6. The third-order valence-electron chi connectivity index (χ3n) is 2.71. The van der Waals surface area contributed by atoms with Gasteiger partial charge in [0.05, 0.1) is 11.6 Å². The lowest BCUT2D eigenvalue weighted by molar-refractivity contribution is 0.593. The maximum atomic E-state index is 12.4. The number of nitrogens with zero attached hydrogens (tertiary/aromatic N) is 1. The molecule has 1 atom stereocenters. The van der Waals surface area contributed by atoms with E-state index in [2.05, 4.69) is 17.2 Å². The van der Waals surface area contributed by atoms with Gasteiger partial charge in [0.2, 0.25) is 0 Å². The summed E-state index contributed by atoms with van der Waals surface area (Å²) in [6, 6.07) is 18.7. The highest BCUT2D eigenvalue weighted by Gasteiger charge is 2.19. The molecule has 0 radical (unpaired) electrons. The lowest BCUT2D eigenvalue weighted by atomic mass is 10.2. The summed E-state index contributed by atoms with van der Waals surface area (Å²) in [5.74, 6) is 3.35. The van der Waals surface area contributed by atoms with Crippen LogP contribution in [0, 0.1) is 22.5 Å². The molecule has 0 aliphatic rings. The number of rotatable bonds is 2. The van der Waals surface area contributed by atoms with Crippen LogP contribution in [0.25, 0.3) is 0 Å². The summed E-state index contributed by atoms with van der Waals surface area (Å²) in [4.78, 5) is 0. The van der Waals surface area contributed by atoms with Gasteiger partial charge in [-0.3, -0.25) is 0 Å². The number of hydrogen-bond acceptors (Lipinski definition) is 2. The number of nitriles is 1. The van der Waals surface area contributed by atoms with Crippen LogP contribution in [0.2, 0.25) is 0 Å². The van der Waals surface area contributed by atoms with Gasteiger partial charge in [0.15, 0.2) is 15.2 Å². The summed E-state index contributed by atoms with van der Waals surface area (Å²) < 4.78 is 12.4. The van der Waals surface area contributed by atoms with Crippen LogP contribution >= 0.6 is 0 Å². The smallest absolute Gasteiger partial charge is 0.162 e. The Kier molecular flexibility index (Phi) is 4.35. The maximum absolute atomic E-state index is 12.4. The topological polar surface area (TPSA) is 40.9 Å². The van der Waals surface area contributed by atoms with Crippen molar-refractivity contribution >= 4 is 9.93 Å². The minimum absolute atomic E-state index is 0.401. The van der Waals surface area contributed by atoms with Crippen molar-refractivity contribution in [2.75, 3.05) is 6.26 Å². The van der Waals surface area contributed by atoms with E-state index in [0.717, 1.165) is 11.1 Å². The standard InChI is InChI=1S/C17H14NOS/c1-20(19,12-11-15-5-3-2-4-6-15)14-17-9-7-16(13-18)8-10-17/h2-10H,14H2,1H3/q+1. The molecule has 0 amide bonds. The molecule has 0 fully saturated rings. The summed E-state index contributed by atoms with van der Waals surface area (Å²) in [5.41, 5.74) is 2.40. The third-order valence-corrected chi connectivity index (χ3v) is 4.13. The highest BCUT2D eigenvalue weighted by Crippen LogP contribution is 2.12. The van der Waals surface area contributed by atoms with E-state index in [4.69, 9.17) is 5.26 Å². The summed E-state index contributed by atoms with van der Waals surface area (Å²) in [6.45, 7) is 0. The fourth-order valence-electron chi connectivity index (χ4n) is 1.72. The highest BCUT2D eigenvalue weighted by molar-refractivity contribution is 8.05. The van der Waals surface area contributed by atoms with Crippen LogP contribution in [-0.4, -0.2) is 6.26 Å². The van der Waals surface area contributed by atoms with Crippen molar-refractivity contribution in [3.8, 4) is 17.2 Å². The van der Waals surface area contributed by atoms with Crippen molar-refractivity contribution < 1.29 is 4.21 Å². The van der Waals surface area contributed by atoms with Crippen molar-refractivity contribution in [3.63, 3.8) is 0 Å². The zero-order chi connectivity index (χ0) is 14.4. The van der Waals surface area contributed by atoms with Gasteiger partial charge in [-0.05, 0) is 30.2 Å². The van der Waals surface area contributed by atoms with Crippen molar-refractivity contribution in [2.24, 2.45) is 0 Å². The molecule has 0 aromatic heterocycles. The van der Waals surface area contributed by atoms with E-state index in [-0.39, 0.29) is 0 Å². The Bertz CT molecular complexity index is 731. The third kappa shape index (κ3) is 4.09. The second-order valence-corrected chi connectivity index (χ2v) is 7.05. The fraction of sp³-hybridized carbons (Fsp3) is 0.118. The lowest BCUT2D eigenvalue weighted by Gasteiger charge is -1.99. The average Bonchev–Trinajstić information content (AvgIpc) is 2.47. The SMILES string of the molecule is C[S+](=O)(C#Cc1ccccc1)Cc1ccc(C#N)cc1. The molecule has 98 valence electrons. The molecule has 3 heteroatoms. The van der Waals surface area contributed by atoms with Crippen molar-refractivity contribution in [2.45, 2.75) is 5.75 Å².